The highest BCUT2D eigenvalue weighted by Crippen LogP contribution is 2.27. The van der Waals surface area contributed by atoms with Crippen LogP contribution in [0.3, 0.4) is 0 Å². The van der Waals surface area contributed by atoms with Crippen molar-refractivity contribution in [1.82, 2.24) is 0 Å². The minimum atomic E-state index is 0.664. The van der Waals surface area contributed by atoms with Gasteiger partial charge in [-0.1, -0.05) is 23.2 Å². The Balaban J connectivity index is 2.40. The standard InChI is InChI=1S/C9H7Cl2NS/c10-6-1-2-7(8(11)5-6)9-12-3-4-13-9/h1-2,5H,3-4H2. The van der Waals surface area contributed by atoms with Gasteiger partial charge in [0.05, 0.1) is 10.1 Å². The minimum absolute atomic E-state index is 0.664. The molecule has 0 atom stereocenters. The van der Waals surface area contributed by atoms with Gasteiger partial charge >= 0.3 is 0 Å². The summed E-state index contributed by atoms with van der Waals surface area (Å²) < 4.78 is 0. The van der Waals surface area contributed by atoms with Crippen molar-refractivity contribution in [2.24, 2.45) is 4.99 Å². The number of halogens is 2. The summed E-state index contributed by atoms with van der Waals surface area (Å²) in [6.45, 7) is 0.888. The molecule has 1 heterocycles. The number of rotatable bonds is 1. The highest BCUT2D eigenvalue weighted by molar-refractivity contribution is 8.14. The predicted molar refractivity (Wildman–Crippen MR) is 60.3 cm³/mol. The largest absolute Gasteiger partial charge is 0.277 e. The molecule has 0 amide bonds. The summed E-state index contributed by atoms with van der Waals surface area (Å²) in [5, 5.41) is 2.37. The predicted octanol–water partition coefficient (Wildman–Crippen LogP) is 3.49. The zero-order chi connectivity index (χ0) is 9.26. The van der Waals surface area contributed by atoms with Crippen molar-refractivity contribution in [2.75, 3.05) is 12.3 Å². The average Bonchev–Trinajstić information content (AvgIpc) is 2.56. The molecule has 13 heavy (non-hydrogen) atoms. The Bertz CT molecular complexity index is 363. The fourth-order valence-electron chi connectivity index (χ4n) is 1.16. The third-order valence-electron chi connectivity index (χ3n) is 1.75. The highest BCUT2D eigenvalue weighted by atomic mass is 35.5. The van der Waals surface area contributed by atoms with Gasteiger partial charge in [0.1, 0.15) is 0 Å². The summed E-state index contributed by atoms with van der Waals surface area (Å²) in [6.07, 6.45) is 0. The number of aliphatic imine (C=N–C) groups is 1. The Morgan fingerprint density at radius 1 is 1.31 bits per heavy atom. The number of thioether (sulfide) groups is 1. The maximum Gasteiger partial charge on any atom is 0.0992 e. The molecule has 0 N–H and O–H groups in total. The number of hydrogen-bond donors (Lipinski definition) is 0. The van der Waals surface area contributed by atoms with E-state index in [0.717, 1.165) is 22.9 Å². The fourth-order valence-corrected chi connectivity index (χ4v) is 2.61. The molecule has 0 saturated heterocycles. The molecule has 0 saturated carbocycles. The molecule has 0 aromatic heterocycles. The van der Waals surface area contributed by atoms with Crippen LogP contribution in [0.15, 0.2) is 23.2 Å². The van der Waals surface area contributed by atoms with Gasteiger partial charge in [0.2, 0.25) is 0 Å². The van der Waals surface area contributed by atoms with Crippen molar-refractivity contribution < 1.29 is 0 Å². The molecule has 1 aromatic rings. The lowest BCUT2D eigenvalue weighted by Gasteiger charge is -2.02. The van der Waals surface area contributed by atoms with Crippen LogP contribution in [0.2, 0.25) is 10.0 Å². The van der Waals surface area contributed by atoms with Gasteiger partial charge in [-0.25, -0.2) is 0 Å². The lowest BCUT2D eigenvalue weighted by Crippen LogP contribution is -1.92. The van der Waals surface area contributed by atoms with Crippen LogP contribution in [0.25, 0.3) is 0 Å². The maximum atomic E-state index is 6.03. The smallest absolute Gasteiger partial charge is 0.0992 e. The molecule has 1 nitrogen and oxygen atoms in total. The first-order chi connectivity index (χ1) is 6.27. The Morgan fingerprint density at radius 3 is 2.77 bits per heavy atom. The van der Waals surface area contributed by atoms with Crippen molar-refractivity contribution in [3.8, 4) is 0 Å². The summed E-state index contributed by atoms with van der Waals surface area (Å²) >= 11 is 13.6. The fraction of sp³-hybridized carbons (Fsp3) is 0.222. The second-order valence-electron chi connectivity index (χ2n) is 2.66. The van der Waals surface area contributed by atoms with E-state index in [0.29, 0.717) is 10.0 Å². The van der Waals surface area contributed by atoms with Crippen molar-refractivity contribution >= 4 is 40.0 Å². The van der Waals surface area contributed by atoms with Crippen LogP contribution in [-0.4, -0.2) is 17.3 Å². The van der Waals surface area contributed by atoms with E-state index in [2.05, 4.69) is 4.99 Å². The average molecular weight is 232 g/mol. The lowest BCUT2D eigenvalue weighted by atomic mass is 10.2. The van der Waals surface area contributed by atoms with Crippen molar-refractivity contribution in [3.05, 3.63) is 33.8 Å². The van der Waals surface area contributed by atoms with Crippen LogP contribution in [0, 0.1) is 0 Å². The second kappa shape index (κ2) is 3.91. The van der Waals surface area contributed by atoms with Crippen LogP contribution in [0.1, 0.15) is 5.56 Å². The van der Waals surface area contributed by atoms with Gasteiger partial charge in [0.25, 0.3) is 0 Å². The third kappa shape index (κ3) is 2.01. The Kier molecular flexibility index (Phi) is 2.82. The van der Waals surface area contributed by atoms with Crippen LogP contribution in [-0.2, 0) is 0 Å². The molecule has 68 valence electrons. The molecule has 0 aliphatic carbocycles. The zero-order valence-electron chi connectivity index (χ0n) is 6.76. The van der Waals surface area contributed by atoms with E-state index >= 15 is 0 Å². The summed E-state index contributed by atoms with van der Waals surface area (Å²) in [5.74, 6) is 1.05. The van der Waals surface area contributed by atoms with Gasteiger partial charge in [-0.15, -0.1) is 11.8 Å². The number of hydrogen-bond acceptors (Lipinski definition) is 2. The van der Waals surface area contributed by atoms with Crippen molar-refractivity contribution in [3.63, 3.8) is 0 Å². The lowest BCUT2D eigenvalue weighted by molar-refractivity contribution is 1.17. The van der Waals surface area contributed by atoms with Crippen molar-refractivity contribution in [1.29, 1.82) is 0 Å². The van der Waals surface area contributed by atoms with Gasteiger partial charge in [-0.3, -0.25) is 4.99 Å². The van der Waals surface area contributed by atoms with E-state index in [1.54, 1.807) is 17.8 Å². The molecule has 0 radical (unpaired) electrons. The first-order valence-electron chi connectivity index (χ1n) is 3.90. The minimum Gasteiger partial charge on any atom is -0.277 e. The zero-order valence-corrected chi connectivity index (χ0v) is 9.09. The first kappa shape index (κ1) is 9.38. The summed E-state index contributed by atoms with van der Waals surface area (Å²) in [7, 11) is 0. The molecular weight excluding hydrogens is 225 g/mol. The molecule has 1 aliphatic heterocycles. The Labute approximate surface area is 91.1 Å². The molecular formula is C9H7Cl2NS. The van der Waals surface area contributed by atoms with Gasteiger partial charge < -0.3 is 0 Å². The van der Waals surface area contributed by atoms with Crippen LogP contribution in [0.5, 0.6) is 0 Å². The van der Waals surface area contributed by atoms with Gasteiger partial charge in [-0.2, -0.15) is 0 Å². The molecule has 1 aromatic carbocycles. The van der Waals surface area contributed by atoms with E-state index in [9.17, 15) is 0 Å². The van der Waals surface area contributed by atoms with E-state index in [1.807, 2.05) is 12.1 Å². The summed E-state index contributed by atoms with van der Waals surface area (Å²) in [6, 6.07) is 5.51. The van der Waals surface area contributed by atoms with Crippen LogP contribution < -0.4 is 0 Å². The van der Waals surface area contributed by atoms with Gasteiger partial charge in [0.15, 0.2) is 0 Å². The topological polar surface area (TPSA) is 12.4 Å². The van der Waals surface area contributed by atoms with E-state index < -0.39 is 0 Å². The molecule has 1 aliphatic rings. The van der Waals surface area contributed by atoms with Crippen LogP contribution in [0.4, 0.5) is 0 Å². The third-order valence-corrected chi connectivity index (χ3v) is 3.30. The van der Waals surface area contributed by atoms with Gasteiger partial charge in [-0.05, 0) is 18.2 Å². The number of benzene rings is 1. The summed E-state index contributed by atoms with van der Waals surface area (Å²) in [5.41, 5.74) is 0.994. The highest BCUT2D eigenvalue weighted by Gasteiger charge is 2.12. The van der Waals surface area contributed by atoms with Crippen molar-refractivity contribution in [2.45, 2.75) is 0 Å². The molecule has 2 rings (SSSR count). The van der Waals surface area contributed by atoms with Gasteiger partial charge in [0, 0.05) is 22.9 Å². The molecule has 0 spiro atoms. The molecule has 0 fully saturated rings. The SMILES string of the molecule is Clc1ccc(C2=NCCS2)c(Cl)c1. The molecule has 4 heteroatoms. The quantitative estimate of drug-likeness (QED) is 0.721. The van der Waals surface area contributed by atoms with E-state index in [4.69, 9.17) is 23.2 Å². The summed E-state index contributed by atoms with van der Waals surface area (Å²) in [4.78, 5) is 4.35. The Morgan fingerprint density at radius 2 is 2.15 bits per heavy atom. The van der Waals surface area contributed by atoms with E-state index in [-0.39, 0.29) is 0 Å². The Hall–Kier alpha value is -0.180. The van der Waals surface area contributed by atoms with Crippen LogP contribution >= 0.6 is 35.0 Å². The normalized spacial score (nSPS) is 16.0. The van der Waals surface area contributed by atoms with E-state index in [1.165, 1.54) is 0 Å². The first-order valence-corrected chi connectivity index (χ1v) is 5.64. The second-order valence-corrected chi connectivity index (χ2v) is 4.59. The maximum absolute atomic E-state index is 6.03. The number of nitrogens with zero attached hydrogens (tertiary/aromatic N) is 1. The molecule has 0 unspecified atom stereocenters. The monoisotopic (exact) mass is 231 g/mol. The molecule has 0 bridgehead atoms.